The predicted molar refractivity (Wildman–Crippen MR) is 36.8 cm³/mol. The van der Waals surface area contributed by atoms with Gasteiger partial charge in [0.05, 0.1) is 0 Å². The van der Waals surface area contributed by atoms with E-state index in [2.05, 4.69) is 0 Å². The second-order valence-electron chi connectivity index (χ2n) is 2.32. The zero-order chi connectivity index (χ0) is 9.14. The topological polar surface area (TPSA) is 60.4 Å². The Bertz CT molecular complexity index is 309. The van der Waals surface area contributed by atoms with E-state index in [1.54, 1.807) is 0 Å². The van der Waals surface area contributed by atoms with Crippen LogP contribution in [0.25, 0.3) is 0 Å². The van der Waals surface area contributed by atoms with Crippen LogP contribution in [-0.2, 0) is 11.2 Å². The van der Waals surface area contributed by atoms with E-state index in [0.29, 0.717) is 0 Å². The fourth-order valence-electron chi connectivity index (χ4n) is 0.852. The highest BCUT2D eigenvalue weighted by atomic mass is 19.1. The van der Waals surface area contributed by atoms with Crippen molar-refractivity contribution in [2.24, 2.45) is 0 Å². The molecule has 0 aliphatic carbocycles. The van der Waals surface area contributed by atoms with Crippen LogP contribution in [0.5, 0.6) is 5.75 Å². The number of benzene rings is 1. The van der Waals surface area contributed by atoms with Crippen LogP contribution < -0.4 is 5.11 Å². The number of hydrogen-bond donors (Lipinski definition) is 1. The monoisotopic (exact) mass is 169 g/mol. The smallest absolute Gasteiger partial charge is 0.127 e. The van der Waals surface area contributed by atoms with E-state index in [-0.39, 0.29) is 11.3 Å². The van der Waals surface area contributed by atoms with Crippen molar-refractivity contribution in [3.8, 4) is 5.75 Å². The van der Waals surface area contributed by atoms with Gasteiger partial charge in [0.15, 0.2) is 0 Å². The molecule has 64 valence electrons. The van der Waals surface area contributed by atoms with Crippen LogP contribution in [0.4, 0.5) is 4.39 Å². The summed E-state index contributed by atoms with van der Waals surface area (Å²) in [4.78, 5) is 10.1. The molecule has 3 nitrogen and oxygen atoms in total. The molecule has 1 rings (SSSR count). The molecular weight excluding hydrogens is 163 g/mol. The van der Waals surface area contributed by atoms with E-state index in [1.807, 2.05) is 0 Å². The minimum absolute atomic E-state index is 0.0741. The van der Waals surface area contributed by atoms with Crippen molar-refractivity contribution in [3.05, 3.63) is 29.6 Å². The van der Waals surface area contributed by atoms with Crippen LogP contribution in [0, 0.1) is 5.82 Å². The Balaban J connectivity index is 2.97. The molecule has 0 unspecified atom stereocenters. The number of hydrogen-bond acceptors (Lipinski definition) is 3. The lowest BCUT2D eigenvalue weighted by molar-refractivity contribution is -0.304. The molecule has 0 fully saturated rings. The average molecular weight is 169 g/mol. The molecule has 0 atom stereocenters. The second kappa shape index (κ2) is 3.21. The van der Waals surface area contributed by atoms with Crippen molar-refractivity contribution < 1.29 is 19.4 Å². The van der Waals surface area contributed by atoms with Crippen molar-refractivity contribution in [3.63, 3.8) is 0 Å². The first-order valence-electron chi connectivity index (χ1n) is 3.27. The van der Waals surface area contributed by atoms with Gasteiger partial charge in [-0.1, -0.05) is 0 Å². The third-order valence-corrected chi connectivity index (χ3v) is 1.36. The van der Waals surface area contributed by atoms with Gasteiger partial charge in [-0.3, -0.25) is 0 Å². The molecule has 0 spiro atoms. The van der Waals surface area contributed by atoms with Crippen LogP contribution in [0.15, 0.2) is 18.2 Å². The number of carboxylic acid groups (broad SMARTS) is 1. The number of rotatable bonds is 2. The maximum absolute atomic E-state index is 12.7. The highest BCUT2D eigenvalue weighted by Crippen LogP contribution is 2.15. The highest BCUT2D eigenvalue weighted by Gasteiger charge is 2.02. The summed E-state index contributed by atoms with van der Waals surface area (Å²) in [7, 11) is 0. The zero-order valence-electron chi connectivity index (χ0n) is 6.08. The number of phenols is 1. The predicted octanol–water partition coefficient (Wildman–Crippen LogP) is -0.176. The van der Waals surface area contributed by atoms with Gasteiger partial charge >= 0.3 is 0 Å². The van der Waals surface area contributed by atoms with Crippen molar-refractivity contribution in [2.45, 2.75) is 6.42 Å². The molecule has 0 saturated carbocycles. The number of aromatic hydroxyl groups is 1. The Morgan fingerprint density at radius 1 is 1.58 bits per heavy atom. The highest BCUT2D eigenvalue weighted by molar-refractivity contribution is 5.68. The summed E-state index contributed by atoms with van der Waals surface area (Å²) >= 11 is 0. The summed E-state index contributed by atoms with van der Waals surface area (Å²) in [5.41, 5.74) is -0.0741. The maximum atomic E-state index is 12.7. The molecule has 1 N–H and O–H groups in total. The summed E-state index contributed by atoms with van der Waals surface area (Å²) in [6.07, 6.45) is -0.528. The molecule has 0 aromatic heterocycles. The van der Waals surface area contributed by atoms with Gasteiger partial charge < -0.3 is 15.0 Å². The van der Waals surface area contributed by atoms with E-state index < -0.39 is 18.2 Å². The number of carbonyl (C=O) groups excluding carboxylic acids is 1. The van der Waals surface area contributed by atoms with Gasteiger partial charge in [0, 0.05) is 12.4 Å². The fourth-order valence-corrected chi connectivity index (χ4v) is 0.852. The van der Waals surface area contributed by atoms with Crippen LogP contribution >= 0.6 is 0 Å². The summed E-state index contributed by atoms with van der Waals surface area (Å²) < 4.78 is 12.7. The molecule has 0 aliphatic heterocycles. The van der Waals surface area contributed by atoms with Crippen LogP contribution in [0.1, 0.15) is 5.56 Å². The van der Waals surface area contributed by atoms with Gasteiger partial charge in [0.25, 0.3) is 0 Å². The van der Waals surface area contributed by atoms with Crippen LogP contribution in [0.2, 0.25) is 0 Å². The number of halogens is 1. The van der Waals surface area contributed by atoms with Gasteiger partial charge in [-0.15, -0.1) is 0 Å². The van der Waals surface area contributed by atoms with Crippen molar-refractivity contribution in [1.29, 1.82) is 0 Å². The van der Waals surface area contributed by atoms with Crippen LogP contribution in [-0.4, -0.2) is 11.1 Å². The van der Waals surface area contributed by atoms with E-state index in [0.717, 1.165) is 18.2 Å². The lowest BCUT2D eigenvalue weighted by Gasteiger charge is -2.03. The Hall–Kier alpha value is -1.58. The van der Waals surface area contributed by atoms with E-state index >= 15 is 0 Å². The summed E-state index contributed by atoms with van der Waals surface area (Å²) in [6.45, 7) is 0. The summed E-state index contributed by atoms with van der Waals surface area (Å²) in [6, 6.07) is 3.22. The van der Waals surface area contributed by atoms with Crippen LogP contribution in [0.3, 0.4) is 0 Å². The second-order valence-corrected chi connectivity index (χ2v) is 2.32. The molecule has 0 amide bonds. The first kappa shape index (κ1) is 8.52. The van der Waals surface area contributed by atoms with Gasteiger partial charge in [-0.25, -0.2) is 4.39 Å². The third kappa shape index (κ3) is 1.95. The normalized spacial score (nSPS) is 9.75. The quantitative estimate of drug-likeness (QED) is 0.668. The molecule has 1 aromatic carbocycles. The molecule has 0 aliphatic rings. The molecule has 0 saturated heterocycles. The molecule has 0 heterocycles. The fraction of sp³-hybridized carbons (Fsp3) is 0.125. The van der Waals surface area contributed by atoms with E-state index in [1.165, 1.54) is 0 Å². The van der Waals surface area contributed by atoms with Gasteiger partial charge in [-0.2, -0.15) is 0 Å². The number of phenolic OH excluding ortho intramolecular Hbond substituents is 1. The first-order chi connectivity index (χ1) is 5.59. The maximum Gasteiger partial charge on any atom is 0.127 e. The van der Waals surface area contributed by atoms with Gasteiger partial charge in [0.2, 0.25) is 0 Å². The number of carbonyl (C=O) groups is 1. The molecule has 1 aromatic rings. The first-order valence-corrected chi connectivity index (χ1v) is 3.27. The minimum atomic E-state index is -1.38. The molecule has 4 heteroatoms. The standard InChI is InChI=1S/C8H7FO3/c9-7-2-1-6(10)3-5(7)4-8(11)12/h1-3,10H,4H2,(H,11,12)/p-1. The molecular formula is C8H6FO3-. The summed E-state index contributed by atoms with van der Waals surface area (Å²) in [5.74, 6) is -2.19. The number of carboxylic acids is 1. The molecule has 0 radical (unpaired) electrons. The average Bonchev–Trinajstić information content (AvgIpc) is 1.96. The van der Waals surface area contributed by atoms with Crippen molar-refractivity contribution in [2.75, 3.05) is 0 Å². The Labute approximate surface area is 68.1 Å². The Morgan fingerprint density at radius 2 is 2.25 bits per heavy atom. The van der Waals surface area contributed by atoms with E-state index in [9.17, 15) is 14.3 Å². The zero-order valence-corrected chi connectivity index (χ0v) is 6.08. The minimum Gasteiger partial charge on any atom is -0.550 e. The lowest BCUT2D eigenvalue weighted by atomic mass is 10.1. The largest absolute Gasteiger partial charge is 0.550 e. The number of aliphatic carboxylic acids is 1. The Kier molecular flexibility index (Phi) is 2.28. The van der Waals surface area contributed by atoms with Crippen molar-refractivity contribution >= 4 is 5.97 Å². The third-order valence-electron chi connectivity index (χ3n) is 1.36. The van der Waals surface area contributed by atoms with Gasteiger partial charge in [0.1, 0.15) is 11.6 Å². The summed E-state index contributed by atoms with van der Waals surface area (Å²) in [5, 5.41) is 18.9. The Morgan fingerprint density at radius 3 is 2.83 bits per heavy atom. The SMILES string of the molecule is O=C([O-])Cc1cc(O)ccc1F. The molecule has 0 bridgehead atoms. The lowest BCUT2D eigenvalue weighted by Crippen LogP contribution is -2.24. The van der Waals surface area contributed by atoms with E-state index in [4.69, 9.17) is 5.11 Å². The molecule has 12 heavy (non-hydrogen) atoms. The van der Waals surface area contributed by atoms with Crippen molar-refractivity contribution in [1.82, 2.24) is 0 Å². The van der Waals surface area contributed by atoms with Gasteiger partial charge in [-0.05, 0) is 23.8 Å².